The second kappa shape index (κ2) is 15.8. The number of rotatable bonds is 7. The molecular weight excluding hydrogens is 613 g/mol. The van der Waals surface area contributed by atoms with Gasteiger partial charge in [-0.2, -0.15) is 13.2 Å². The van der Waals surface area contributed by atoms with Crippen LogP contribution in [0.5, 0.6) is 0 Å². The zero-order valence-corrected chi connectivity index (χ0v) is 26.8. The highest BCUT2D eigenvalue weighted by atomic mass is 35.5. The molecule has 1 unspecified atom stereocenters. The monoisotopic (exact) mass is 658 g/mol. The Morgan fingerprint density at radius 2 is 1.73 bits per heavy atom. The summed E-state index contributed by atoms with van der Waals surface area (Å²) in [6, 6.07) is 2.18. The number of aromatic nitrogens is 1. The van der Waals surface area contributed by atoms with E-state index in [9.17, 15) is 22.8 Å². The predicted molar refractivity (Wildman–Crippen MR) is 163 cm³/mol. The van der Waals surface area contributed by atoms with Gasteiger partial charge < -0.3 is 19.6 Å². The Labute approximate surface area is 268 Å². The lowest BCUT2D eigenvalue weighted by molar-refractivity contribution is -0.192. The number of carboxylic acids is 1. The molecule has 4 heterocycles. The third-order valence-corrected chi connectivity index (χ3v) is 10.3. The zero-order chi connectivity index (χ0) is 32.6. The van der Waals surface area contributed by atoms with Gasteiger partial charge in [-0.05, 0) is 44.1 Å². The predicted octanol–water partition coefficient (Wildman–Crippen LogP) is 6.65. The SMILES string of the molecule is CCCCC1CN(CC2CCCCC2)C(=O)OC12CCN(C1CCN(C(=O)c3ccncc3Cl)CC1)CC2.O=C(O)C(F)(F)F. The number of amides is 2. The quantitative estimate of drug-likeness (QED) is 0.350. The Kier molecular flexibility index (Phi) is 12.4. The molecule has 252 valence electrons. The van der Waals surface area contributed by atoms with Crippen molar-refractivity contribution in [2.45, 2.75) is 102 Å². The summed E-state index contributed by atoms with van der Waals surface area (Å²) in [6.45, 7) is 7.42. The number of carbonyl (C=O) groups is 3. The molecule has 2 amide bonds. The van der Waals surface area contributed by atoms with Crippen molar-refractivity contribution >= 4 is 29.6 Å². The van der Waals surface area contributed by atoms with E-state index in [0.717, 1.165) is 71.4 Å². The summed E-state index contributed by atoms with van der Waals surface area (Å²) in [7, 11) is 0. The van der Waals surface area contributed by atoms with Crippen LogP contribution in [0.2, 0.25) is 5.02 Å². The molecule has 1 aromatic heterocycles. The average Bonchev–Trinajstić information content (AvgIpc) is 3.02. The Morgan fingerprint density at radius 3 is 2.31 bits per heavy atom. The molecule has 1 aliphatic carbocycles. The maximum atomic E-state index is 13.2. The molecule has 45 heavy (non-hydrogen) atoms. The van der Waals surface area contributed by atoms with Gasteiger partial charge in [-0.25, -0.2) is 9.59 Å². The number of pyridine rings is 1. The van der Waals surface area contributed by atoms with E-state index in [4.69, 9.17) is 26.2 Å². The fraction of sp³-hybridized carbons (Fsp3) is 0.750. The molecule has 1 aromatic rings. The molecule has 3 saturated heterocycles. The average molecular weight is 659 g/mol. The number of hydrogen-bond donors (Lipinski definition) is 1. The molecule has 1 spiro atoms. The highest BCUT2D eigenvalue weighted by Crippen LogP contribution is 2.42. The summed E-state index contributed by atoms with van der Waals surface area (Å²) in [5.74, 6) is -1.69. The van der Waals surface area contributed by atoms with E-state index in [1.807, 2.05) is 4.90 Å². The minimum atomic E-state index is -5.08. The summed E-state index contributed by atoms with van der Waals surface area (Å²) in [4.78, 5) is 45.6. The third kappa shape index (κ3) is 9.24. The first-order valence-corrected chi connectivity index (χ1v) is 16.7. The number of piperidine rings is 2. The second-order valence-corrected chi connectivity index (χ2v) is 13.3. The number of alkyl halides is 3. The number of hydrogen-bond acceptors (Lipinski definition) is 6. The summed E-state index contributed by atoms with van der Waals surface area (Å²) in [5.41, 5.74) is 0.232. The molecule has 1 N–H and O–H groups in total. The van der Waals surface area contributed by atoms with Crippen molar-refractivity contribution in [3.8, 4) is 0 Å². The fourth-order valence-corrected chi connectivity index (χ4v) is 7.60. The largest absolute Gasteiger partial charge is 0.490 e. The van der Waals surface area contributed by atoms with Crippen molar-refractivity contribution in [2.24, 2.45) is 11.8 Å². The van der Waals surface area contributed by atoms with Crippen LogP contribution in [0.15, 0.2) is 18.5 Å². The molecule has 1 saturated carbocycles. The number of halogens is 4. The molecule has 0 radical (unpaired) electrons. The number of likely N-dealkylation sites (tertiary alicyclic amines) is 2. The van der Waals surface area contributed by atoms with Gasteiger partial charge in [-0.3, -0.25) is 14.7 Å². The zero-order valence-electron chi connectivity index (χ0n) is 26.1. The van der Waals surface area contributed by atoms with Crippen LogP contribution in [0.25, 0.3) is 0 Å². The van der Waals surface area contributed by atoms with Gasteiger partial charge in [0.2, 0.25) is 0 Å². The summed E-state index contributed by atoms with van der Waals surface area (Å²) >= 11 is 6.21. The van der Waals surface area contributed by atoms with E-state index in [0.29, 0.717) is 28.5 Å². The Balaban J connectivity index is 0.000000591. The van der Waals surface area contributed by atoms with E-state index < -0.39 is 12.1 Å². The molecular formula is C32H46ClF3N4O5. The van der Waals surface area contributed by atoms with Crippen molar-refractivity contribution in [1.29, 1.82) is 0 Å². The first kappa shape index (κ1) is 35.3. The van der Waals surface area contributed by atoms with E-state index in [1.165, 1.54) is 51.1 Å². The first-order valence-electron chi connectivity index (χ1n) is 16.3. The lowest BCUT2D eigenvalue weighted by Gasteiger charge is -2.52. The minimum absolute atomic E-state index is 0.000822. The first-order chi connectivity index (χ1) is 21.4. The highest BCUT2D eigenvalue weighted by molar-refractivity contribution is 6.33. The van der Waals surface area contributed by atoms with Crippen LogP contribution in [-0.2, 0) is 9.53 Å². The normalized spacial score (nSPS) is 23.3. The smallest absolute Gasteiger partial charge is 0.475 e. The van der Waals surface area contributed by atoms with Crippen LogP contribution < -0.4 is 0 Å². The van der Waals surface area contributed by atoms with Gasteiger partial charge in [0.15, 0.2) is 0 Å². The number of ether oxygens (including phenoxy) is 1. The summed E-state index contributed by atoms with van der Waals surface area (Å²) < 4.78 is 38.1. The van der Waals surface area contributed by atoms with E-state index in [2.05, 4.69) is 21.7 Å². The number of carboxylic acid groups (broad SMARTS) is 1. The van der Waals surface area contributed by atoms with E-state index in [1.54, 1.807) is 12.3 Å². The van der Waals surface area contributed by atoms with Gasteiger partial charge >= 0.3 is 18.2 Å². The van der Waals surface area contributed by atoms with Crippen molar-refractivity contribution in [3.05, 3.63) is 29.0 Å². The molecule has 0 aromatic carbocycles. The Morgan fingerprint density at radius 1 is 1.09 bits per heavy atom. The lowest BCUT2D eigenvalue weighted by atomic mass is 9.75. The molecule has 13 heteroatoms. The van der Waals surface area contributed by atoms with Gasteiger partial charge in [-0.1, -0.05) is 50.6 Å². The molecule has 3 aliphatic heterocycles. The van der Waals surface area contributed by atoms with Crippen LogP contribution in [0.4, 0.5) is 18.0 Å². The van der Waals surface area contributed by atoms with E-state index >= 15 is 0 Å². The fourth-order valence-electron chi connectivity index (χ4n) is 7.40. The van der Waals surface area contributed by atoms with Gasteiger partial charge in [0.1, 0.15) is 5.60 Å². The van der Waals surface area contributed by atoms with Crippen molar-refractivity contribution in [3.63, 3.8) is 0 Å². The Hall–Kier alpha value is -2.60. The van der Waals surface area contributed by atoms with Crippen LogP contribution >= 0.6 is 11.6 Å². The van der Waals surface area contributed by atoms with Gasteiger partial charge in [0, 0.05) is 76.5 Å². The topological polar surface area (TPSA) is 103 Å². The standard InChI is InChI=1S/C30H45ClN4O3.C2HF3O2/c1-2-3-9-24-22-35(21-23-7-5-4-6-8-23)29(37)38-30(24)13-18-33(19-14-30)25-11-16-34(17-12-25)28(36)26-10-15-32-20-27(26)31;3-2(4,5)1(6)7/h10,15,20,23-25H,2-9,11-14,16-19,21-22H2,1H3;(H,6,7). The summed E-state index contributed by atoms with van der Waals surface area (Å²) in [6.07, 6.45) is 11.8. The third-order valence-electron chi connectivity index (χ3n) is 10.0. The second-order valence-electron chi connectivity index (χ2n) is 12.9. The number of carbonyl (C=O) groups excluding carboxylic acids is 2. The molecule has 9 nitrogen and oxygen atoms in total. The van der Waals surface area contributed by atoms with Crippen LogP contribution in [-0.4, -0.2) is 99.8 Å². The highest BCUT2D eigenvalue weighted by Gasteiger charge is 2.50. The number of unbranched alkanes of at least 4 members (excludes halogenated alkanes) is 1. The number of nitrogens with zero attached hydrogens (tertiary/aromatic N) is 4. The van der Waals surface area contributed by atoms with Crippen molar-refractivity contribution in [1.82, 2.24) is 19.7 Å². The van der Waals surface area contributed by atoms with E-state index in [-0.39, 0.29) is 17.6 Å². The van der Waals surface area contributed by atoms with Gasteiger partial charge in [0.25, 0.3) is 5.91 Å². The van der Waals surface area contributed by atoms with Crippen molar-refractivity contribution in [2.75, 3.05) is 39.3 Å². The summed E-state index contributed by atoms with van der Waals surface area (Å²) in [5, 5.41) is 7.54. The van der Waals surface area contributed by atoms with Crippen LogP contribution in [0, 0.1) is 11.8 Å². The van der Waals surface area contributed by atoms with Gasteiger partial charge in [0.05, 0.1) is 10.6 Å². The maximum Gasteiger partial charge on any atom is 0.490 e. The van der Waals surface area contributed by atoms with Crippen LogP contribution in [0.3, 0.4) is 0 Å². The van der Waals surface area contributed by atoms with Crippen molar-refractivity contribution < 1.29 is 37.4 Å². The Bertz CT molecular complexity index is 1150. The minimum Gasteiger partial charge on any atom is -0.475 e. The van der Waals surface area contributed by atoms with Crippen LogP contribution in [0.1, 0.15) is 94.3 Å². The van der Waals surface area contributed by atoms with Gasteiger partial charge in [-0.15, -0.1) is 0 Å². The molecule has 4 fully saturated rings. The lowest BCUT2D eigenvalue weighted by Crippen LogP contribution is -2.61. The molecule has 5 rings (SSSR count). The maximum absolute atomic E-state index is 13.2. The molecule has 4 aliphatic rings. The molecule has 0 bridgehead atoms. The molecule has 1 atom stereocenters. The number of aliphatic carboxylic acids is 1.